The third kappa shape index (κ3) is 6.69. The molecule has 2 heterocycles. The second kappa shape index (κ2) is 12.4. The van der Waals surface area contributed by atoms with Crippen molar-refractivity contribution in [2.24, 2.45) is 11.1 Å². The van der Waals surface area contributed by atoms with Gasteiger partial charge in [-0.25, -0.2) is 12.8 Å². The molecule has 2 aliphatic heterocycles. The number of nitrogens with one attached hydrogen (secondary N) is 1. The normalized spacial score (nSPS) is 27.3. The molecule has 0 aromatic heterocycles. The van der Waals surface area contributed by atoms with Gasteiger partial charge in [-0.05, 0) is 96.2 Å². The molecule has 2 aromatic rings. The molecule has 1 saturated heterocycles. The van der Waals surface area contributed by atoms with Crippen LogP contribution in [-0.2, 0) is 30.7 Å². The Kier molecular flexibility index (Phi) is 8.87. The zero-order valence-corrected chi connectivity index (χ0v) is 29.0. The molecule has 2 bridgehead atoms. The first-order chi connectivity index (χ1) is 22.5. The first-order valence-electron chi connectivity index (χ1n) is 16.7. The number of ether oxygens (including phenoxy) is 1. The summed E-state index contributed by atoms with van der Waals surface area (Å²) in [4.78, 5) is 45.8. The molecule has 3 N–H and O–H groups in total. The smallest absolute Gasteiger partial charge is 0.312 e. The Bertz CT molecular complexity index is 1690. The van der Waals surface area contributed by atoms with Crippen LogP contribution in [0.4, 0.5) is 15.8 Å². The molecule has 11 nitrogen and oxygen atoms in total. The number of amides is 2. The molecule has 7 rings (SSSR count). The van der Waals surface area contributed by atoms with E-state index in [2.05, 4.69) is 22.2 Å². The van der Waals surface area contributed by atoms with E-state index in [1.54, 1.807) is 0 Å². The summed E-state index contributed by atoms with van der Waals surface area (Å²) < 4.78 is 48.1. The zero-order valence-electron chi connectivity index (χ0n) is 28.2. The molecule has 13 heteroatoms. The molecule has 3 aliphatic carbocycles. The van der Waals surface area contributed by atoms with Crippen molar-refractivity contribution in [1.29, 1.82) is 0 Å². The first-order valence-corrected chi connectivity index (χ1v) is 18.4. The summed E-state index contributed by atoms with van der Waals surface area (Å²) in [7, 11) is -2.07. The lowest BCUT2D eigenvalue weighted by Gasteiger charge is -2.52. The summed E-state index contributed by atoms with van der Waals surface area (Å²) >= 11 is 0. The SMILES string of the molecule is CN1CCN(c2ccc(CN3C(=O)[C@@H](N)CS(=O)(=O)c4cc(F)c(C(=O)NC56CCC(C(=O)OC(C)(C)C)(CC5)CC6)cc43)cc2)CC1. The van der Waals surface area contributed by atoms with Gasteiger partial charge in [0.05, 0.1) is 39.9 Å². The monoisotopic (exact) mass is 683 g/mol. The van der Waals surface area contributed by atoms with Gasteiger partial charge in [-0.1, -0.05) is 12.1 Å². The standard InChI is InChI=1S/C35H46FN5O6S/c1-33(2,3)47-32(44)34-9-12-35(13-10-34,14-11-34)38-30(42)25-19-28-29(20-26(25)36)48(45,46)22-27(37)31(43)41(28)21-23-5-7-24(8-6-23)40-17-15-39(4)16-18-40/h5-8,19-20,27H,9-18,21-22,37H2,1-4H3,(H,38,42)/t27-,34?,35?/m0/s1. The van der Waals surface area contributed by atoms with Crippen LogP contribution in [0.15, 0.2) is 41.3 Å². The number of esters is 1. The largest absolute Gasteiger partial charge is 0.460 e. The van der Waals surface area contributed by atoms with Crippen LogP contribution in [0.25, 0.3) is 0 Å². The van der Waals surface area contributed by atoms with Crippen molar-refractivity contribution in [2.45, 2.75) is 87.9 Å². The van der Waals surface area contributed by atoms with Crippen molar-refractivity contribution >= 4 is 39.0 Å². The van der Waals surface area contributed by atoms with Crippen molar-refractivity contribution in [3.8, 4) is 0 Å². The van der Waals surface area contributed by atoms with Gasteiger partial charge in [0, 0.05) is 37.4 Å². The Hall–Kier alpha value is -3.55. The minimum Gasteiger partial charge on any atom is -0.460 e. The second-order valence-electron chi connectivity index (χ2n) is 15.1. The number of halogens is 1. The number of carbonyl (C=O) groups excluding carboxylic acids is 3. The Labute approximate surface area is 281 Å². The van der Waals surface area contributed by atoms with Crippen LogP contribution in [0, 0.1) is 11.2 Å². The fraction of sp³-hybridized carbons (Fsp3) is 0.571. The van der Waals surface area contributed by atoms with Crippen molar-refractivity contribution in [1.82, 2.24) is 10.2 Å². The van der Waals surface area contributed by atoms with Crippen molar-refractivity contribution in [2.75, 3.05) is 48.8 Å². The van der Waals surface area contributed by atoms with E-state index in [1.807, 2.05) is 45.0 Å². The number of nitrogens with two attached hydrogens (primary N) is 1. The van der Waals surface area contributed by atoms with E-state index in [0.29, 0.717) is 38.5 Å². The van der Waals surface area contributed by atoms with E-state index in [4.69, 9.17) is 10.5 Å². The molecule has 3 saturated carbocycles. The van der Waals surface area contributed by atoms with Crippen LogP contribution in [-0.4, -0.2) is 87.3 Å². The van der Waals surface area contributed by atoms with E-state index in [9.17, 15) is 22.8 Å². The van der Waals surface area contributed by atoms with Gasteiger partial charge >= 0.3 is 5.97 Å². The lowest BCUT2D eigenvalue weighted by atomic mass is 9.57. The second-order valence-corrected chi connectivity index (χ2v) is 17.1. The molecular weight excluding hydrogens is 637 g/mol. The highest BCUT2D eigenvalue weighted by molar-refractivity contribution is 7.91. The molecule has 2 aromatic carbocycles. The van der Waals surface area contributed by atoms with Crippen LogP contribution in [0.3, 0.4) is 0 Å². The Morgan fingerprint density at radius 2 is 1.60 bits per heavy atom. The fourth-order valence-electron chi connectivity index (χ4n) is 7.49. The minimum absolute atomic E-state index is 0.0125. The van der Waals surface area contributed by atoms with Crippen molar-refractivity contribution < 1.29 is 31.9 Å². The highest BCUT2D eigenvalue weighted by Crippen LogP contribution is 2.53. The van der Waals surface area contributed by atoms with Gasteiger partial charge in [0.25, 0.3) is 5.91 Å². The molecule has 0 spiro atoms. The van der Waals surface area contributed by atoms with E-state index < -0.39 is 55.8 Å². The molecule has 2 amide bonds. The molecule has 260 valence electrons. The van der Waals surface area contributed by atoms with Crippen LogP contribution < -0.4 is 20.9 Å². The van der Waals surface area contributed by atoms with E-state index in [1.165, 1.54) is 11.0 Å². The van der Waals surface area contributed by atoms with Gasteiger partial charge in [-0.15, -0.1) is 0 Å². The highest BCUT2D eigenvalue weighted by atomic mass is 32.2. The maximum absolute atomic E-state index is 15.7. The Morgan fingerprint density at radius 1 is 1.00 bits per heavy atom. The third-order valence-electron chi connectivity index (χ3n) is 10.5. The Balaban J connectivity index is 1.25. The number of rotatable bonds is 6. The predicted molar refractivity (Wildman–Crippen MR) is 180 cm³/mol. The average molecular weight is 684 g/mol. The van der Waals surface area contributed by atoms with Gasteiger partial charge in [0.15, 0.2) is 9.84 Å². The van der Waals surface area contributed by atoms with Gasteiger partial charge in [0.1, 0.15) is 11.4 Å². The van der Waals surface area contributed by atoms with Crippen LogP contribution in [0.5, 0.6) is 0 Å². The number of benzene rings is 2. The molecule has 1 atom stereocenters. The summed E-state index contributed by atoms with van der Waals surface area (Å²) in [5.41, 5.74) is 5.61. The summed E-state index contributed by atoms with van der Waals surface area (Å²) in [6, 6.07) is 8.34. The number of hydrogen-bond donors (Lipinski definition) is 2. The molecule has 0 unspecified atom stereocenters. The number of nitrogens with zero attached hydrogens (tertiary/aromatic N) is 3. The topological polar surface area (TPSA) is 142 Å². The van der Waals surface area contributed by atoms with Gasteiger partial charge in [0.2, 0.25) is 5.91 Å². The number of fused-ring (bicyclic) bond motifs is 4. The summed E-state index contributed by atoms with van der Waals surface area (Å²) in [5, 5.41) is 3.03. The van der Waals surface area contributed by atoms with Crippen LogP contribution in [0.1, 0.15) is 75.2 Å². The number of hydrogen-bond acceptors (Lipinski definition) is 9. The number of anilines is 2. The van der Waals surface area contributed by atoms with E-state index in [0.717, 1.165) is 43.5 Å². The summed E-state index contributed by atoms with van der Waals surface area (Å²) in [5.74, 6) is -3.22. The summed E-state index contributed by atoms with van der Waals surface area (Å²) in [6.45, 7) is 9.19. The van der Waals surface area contributed by atoms with Crippen molar-refractivity contribution in [3.05, 3.63) is 53.3 Å². The van der Waals surface area contributed by atoms with E-state index >= 15 is 4.39 Å². The lowest BCUT2D eigenvalue weighted by Crippen LogP contribution is -2.59. The van der Waals surface area contributed by atoms with Crippen LogP contribution >= 0.6 is 0 Å². The fourth-order valence-corrected chi connectivity index (χ4v) is 9.06. The molecule has 48 heavy (non-hydrogen) atoms. The summed E-state index contributed by atoms with van der Waals surface area (Å²) in [6.07, 6.45) is 3.22. The first kappa shape index (κ1) is 34.3. The quantitative estimate of drug-likeness (QED) is 0.439. The number of sulfone groups is 1. The molecule has 4 fully saturated rings. The number of carbonyl (C=O) groups is 3. The lowest BCUT2D eigenvalue weighted by molar-refractivity contribution is -0.175. The maximum Gasteiger partial charge on any atom is 0.312 e. The van der Waals surface area contributed by atoms with Gasteiger partial charge < -0.3 is 30.5 Å². The third-order valence-corrected chi connectivity index (χ3v) is 12.3. The Morgan fingerprint density at radius 3 is 2.19 bits per heavy atom. The van der Waals surface area contributed by atoms with Crippen molar-refractivity contribution in [3.63, 3.8) is 0 Å². The van der Waals surface area contributed by atoms with Crippen LogP contribution in [0.2, 0.25) is 0 Å². The zero-order chi connectivity index (χ0) is 34.6. The molecular formula is C35H46FN5O6S. The number of likely N-dealkylation sites (N-methyl/N-ethyl adjacent to an activating group) is 1. The van der Waals surface area contributed by atoms with Gasteiger partial charge in [-0.2, -0.15) is 0 Å². The predicted octanol–water partition coefficient (Wildman–Crippen LogP) is 3.39. The molecule has 5 aliphatic rings. The maximum atomic E-state index is 15.7. The molecule has 0 radical (unpaired) electrons. The number of piperazine rings is 1. The van der Waals surface area contributed by atoms with E-state index in [-0.39, 0.29) is 28.7 Å². The van der Waals surface area contributed by atoms with Gasteiger partial charge in [-0.3, -0.25) is 14.4 Å². The average Bonchev–Trinajstić information content (AvgIpc) is 3.09. The minimum atomic E-state index is -4.16. The highest BCUT2D eigenvalue weighted by Gasteiger charge is 2.54.